The highest BCUT2D eigenvalue weighted by Crippen LogP contribution is 2.42. The highest BCUT2D eigenvalue weighted by atomic mass is 32.1. The fraction of sp³-hybridized carbons (Fsp3) is 0.737. The molecule has 0 aliphatic carbocycles. The number of carbonyl (C=O) groups is 2. The summed E-state index contributed by atoms with van der Waals surface area (Å²) in [5, 5.41) is 14.0. The molecule has 148 valence electrons. The van der Waals surface area contributed by atoms with E-state index in [1.54, 1.807) is 0 Å². The number of nitrogens with one attached hydrogen (secondary N) is 1. The van der Waals surface area contributed by atoms with Gasteiger partial charge in [-0.3, -0.25) is 9.59 Å². The fourth-order valence-electron chi connectivity index (χ4n) is 5.14. The summed E-state index contributed by atoms with van der Waals surface area (Å²) in [4.78, 5) is 34.8. The largest absolute Gasteiger partial charge is 0.394 e. The molecular formula is C19H28N4O3S. The summed E-state index contributed by atoms with van der Waals surface area (Å²) in [6.07, 6.45) is 3.47. The van der Waals surface area contributed by atoms with Crippen LogP contribution in [0, 0.1) is 18.8 Å². The van der Waals surface area contributed by atoms with Gasteiger partial charge in [0.05, 0.1) is 18.3 Å². The summed E-state index contributed by atoms with van der Waals surface area (Å²) < 4.78 is 0. The summed E-state index contributed by atoms with van der Waals surface area (Å²) >= 11 is 1.42. The molecule has 4 atom stereocenters. The van der Waals surface area contributed by atoms with E-state index >= 15 is 0 Å². The molecular weight excluding hydrogens is 364 g/mol. The van der Waals surface area contributed by atoms with Crippen LogP contribution in [0.1, 0.15) is 48.0 Å². The van der Waals surface area contributed by atoms with Crippen LogP contribution in [0.4, 0.5) is 5.13 Å². The SMILES string of the molecule is CCNc1nc(C)c(C(=O)N2C[C@H]3C[C@@H](C2)[C@H](CO)N2C(=O)CCC[C@@H]32)s1. The summed E-state index contributed by atoms with van der Waals surface area (Å²) in [7, 11) is 0. The Labute approximate surface area is 163 Å². The second-order valence-corrected chi connectivity index (χ2v) is 8.94. The lowest BCUT2D eigenvalue weighted by atomic mass is 9.72. The third-order valence-electron chi connectivity index (χ3n) is 6.29. The van der Waals surface area contributed by atoms with Crippen molar-refractivity contribution in [2.45, 2.75) is 51.6 Å². The van der Waals surface area contributed by atoms with E-state index in [1.807, 2.05) is 23.6 Å². The van der Waals surface area contributed by atoms with Gasteiger partial charge in [-0.05, 0) is 44.9 Å². The molecule has 0 spiro atoms. The van der Waals surface area contributed by atoms with Gasteiger partial charge in [0.2, 0.25) is 5.91 Å². The zero-order valence-electron chi connectivity index (χ0n) is 16.0. The Morgan fingerprint density at radius 2 is 2.15 bits per heavy atom. The minimum absolute atomic E-state index is 0.0220. The number of anilines is 1. The molecule has 0 radical (unpaired) electrons. The number of likely N-dealkylation sites (tertiary alicyclic amines) is 1. The first kappa shape index (κ1) is 18.7. The number of rotatable bonds is 4. The van der Waals surface area contributed by atoms with Crippen LogP contribution in [0.25, 0.3) is 0 Å². The number of aromatic nitrogens is 1. The number of hydrogen-bond donors (Lipinski definition) is 2. The van der Waals surface area contributed by atoms with Gasteiger partial charge in [0.25, 0.3) is 5.91 Å². The van der Waals surface area contributed by atoms with E-state index in [1.165, 1.54) is 11.3 Å². The minimum Gasteiger partial charge on any atom is -0.394 e. The molecule has 1 aromatic heterocycles. The molecule has 3 saturated heterocycles. The molecule has 2 N–H and O–H groups in total. The van der Waals surface area contributed by atoms with Crippen molar-refractivity contribution in [3.05, 3.63) is 10.6 Å². The quantitative estimate of drug-likeness (QED) is 0.815. The molecule has 8 heteroatoms. The second kappa shape index (κ2) is 7.39. The van der Waals surface area contributed by atoms with Crippen molar-refractivity contribution >= 4 is 28.3 Å². The standard InChI is InChI=1S/C19H28N4O3S/c1-3-20-19-21-11(2)17(27-19)18(26)22-8-12-7-13(9-22)15(10-24)23-14(12)5-4-6-16(23)25/h12-15,24H,3-10H2,1-2H3,(H,20,21)/t12-,13+,14+,15+/m1/s1. The van der Waals surface area contributed by atoms with Gasteiger partial charge in [-0.1, -0.05) is 11.3 Å². The Balaban J connectivity index is 1.57. The number of hydrogen-bond acceptors (Lipinski definition) is 6. The molecule has 27 heavy (non-hydrogen) atoms. The monoisotopic (exact) mass is 392 g/mol. The van der Waals surface area contributed by atoms with Crippen LogP contribution in [0.15, 0.2) is 0 Å². The minimum atomic E-state index is -0.158. The van der Waals surface area contributed by atoms with Gasteiger partial charge in [-0.25, -0.2) is 4.98 Å². The Bertz CT molecular complexity index is 723. The number of piperidine rings is 3. The topological polar surface area (TPSA) is 85.8 Å². The van der Waals surface area contributed by atoms with Gasteiger partial charge in [-0.2, -0.15) is 0 Å². The normalized spacial score (nSPS) is 30.3. The molecule has 1 aromatic rings. The molecule has 7 nitrogen and oxygen atoms in total. The van der Waals surface area contributed by atoms with Crippen molar-refractivity contribution in [1.29, 1.82) is 0 Å². The number of aliphatic hydroxyl groups is 1. The average Bonchev–Trinajstić information content (AvgIpc) is 3.02. The third-order valence-corrected chi connectivity index (χ3v) is 7.39. The van der Waals surface area contributed by atoms with Gasteiger partial charge in [0.1, 0.15) is 4.88 Å². The van der Waals surface area contributed by atoms with E-state index in [2.05, 4.69) is 10.3 Å². The van der Waals surface area contributed by atoms with Crippen molar-refractivity contribution in [2.75, 3.05) is 31.6 Å². The van der Waals surface area contributed by atoms with E-state index in [9.17, 15) is 14.7 Å². The van der Waals surface area contributed by atoms with Crippen molar-refractivity contribution in [3.8, 4) is 0 Å². The zero-order valence-corrected chi connectivity index (χ0v) is 16.8. The first-order valence-corrected chi connectivity index (χ1v) is 10.8. The van der Waals surface area contributed by atoms with Gasteiger partial charge >= 0.3 is 0 Å². The van der Waals surface area contributed by atoms with Crippen LogP contribution in [0.5, 0.6) is 0 Å². The number of carbonyl (C=O) groups excluding carboxylic acids is 2. The lowest BCUT2D eigenvalue weighted by Gasteiger charge is -2.56. The van der Waals surface area contributed by atoms with Crippen molar-refractivity contribution < 1.29 is 14.7 Å². The first-order valence-electron chi connectivity index (χ1n) is 9.96. The third kappa shape index (κ3) is 3.23. The number of amides is 2. The molecule has 0 saturated carbocycles. The van der Waals surface area contributed by atoms with Crippen molar-refractivity contribution in [1.82, 2.24) is 14.8 Å². The van der Waals surface area contributed by atoms with E-state index in [4.69, 9.17) is 0 Å². The summed E-state index contributed by atoms with van der Waals surface area (Å²) in [6, 6.07) is 0.00431. The Kier molecular flexibility index (Phi) is 5.11. The predicted octanol–water partition coefficient (Wildman–Crippen LogP) is 1.72. The summed E-state index contributed by atoms with van der Waals surface area (Å²) in [5.74, 6) is 0.670. The Hall–Kier alpha value is -1.67. The molecule has 3 fully saturated rings. The lowest BCUT2D eigenvalue weighted by molar-refractivity contribution is -0.154. The molecule has 2 bridgehead atoms. The number of fused-ring (bicyclic) bond motifs is 4. The van der Waals surface area contributed by atoms with Gasteiger partial charge in [0, 0.05) is 32.1 Å². The van der Waals surface area contributed by atoms with Gasteiger partial charge in [0.15, 0.2) is 5.13 Å². The Morgan fingerprint density at radius 3 is 2.89 bits per heavy atom. The van der Waals surface area contributed by atoms with E-state index in [0.717, 1.165) is 36.6 Å². The van der Waals surface area contributed by atoms with Crippen LogP contribution in [0.2, 0.25) is 0 Å². The molecule has 3 aliphatic rings. The maximum Gasteiger partial charge on any atom is 0.265 e. The van der Waals surface area contributed by atoms with Crippen LogP contribution >= 0.6 is 11.3 Å². The van der Waals surface area contributed by atoms with Gasteiger partial charge < -0.3 is 20.2 Å². The molecule has 4 rings (SSSR count). The van der Waals surface area contributed by atoms with E-state index in [0.29, 0.717) is 30.3 Å². The van der Waals surface area contributed by atoms with Crippen LogP contribution in [-0.4, -0.2) is 70.0 Å². The summed E-state index contributed by atoms with van der Waals surface area (Å²) in [6.45, 7) is 5.94. The first-order chi connectivity index (χ1) is 13.0. The highest BCUT2D eigenvalue weighted by molar-refractivity contribution is 7.17. The fourth-order valence-corrected chi connectivity index (χ4v) is 6.14. The van der Waals surface area contributed by atoms with Crippen molar-refractivity contribution in [3.63, 3.8) is 0 Å². The molecule has 0 aromatic carbocycles. The van der Waals surface area contributed by atoms with Gasteiger partial charge in [-0.15, -0.1) is 0 Å². The van der Waals surface area contributed by atoms with Crippen LogP contribution in [-0.2, 0) is 4.79 Å². The average molecular weight is 393 g/mol. The van der Waals surface area contributed by atoms with Crippen LogP contribution in [0.3, 0.4) is 0 Å². The zero-order chi connectivity index (χ0) is 19.1. The number of aryl methyl sites for hydroxylation is 1. The number of nitrogens with zero attached hydrogens (tertiary/aromatic N) is 3. The Morgan fingerprint density at radius 1 is 1.37 bits per heavy atom. The maximum absolute atomic E-state index is 13.2. The smallest absolute Gasteiger partial charge is 0.265 e. The van der Waals surface area contributed by atoms with Crippen LogP contribution < -0.4 is 5.32 Å². The highest BCUT2D eigenvalue weighted by Gasteiger charge is 2.50. The van der Waals surface area contributed by atoms with E-state index in [-0.39, 0.29) is 36.4 Å². The molecule has 4 heterocycles. The van der Waals surface area contributed by atoms with E-state index < -0.39 is 0 Å². The van der Waals surface area contributed by atoms with Crippen molar-refractivity contribution in [2.24, 2.45) is 11.8 Å². The maximum atomic E-state index is 13.2. The summed E-state index contributed by atoms with van der Waals surface area (Å²) in [5.41, 5.74) is 0.768. The second-order valence-electron chi connectivity index (χ2n) is 7.94. The number of thiazole rings is 1. The number of aliphatic hydroxyl groups excluding tert-OH is 1. The molecule has 0 unspecified atom stereocenters. The molecule has 3 aliphatic heterocycles. The predicted molar refractivity (Wildman–Crippen MR) is 104 cm³/mol. The lowest BCUT2D eigenvalue weighted by Crippen LogP contribution is -2.66. The molecule has 2 amide bonds.